The molecular formula is C14H11N3O4. The zero-order chi connectivity index (χ0) is 14.8. The maximum absolute atomic E-state index is 10.3. The van der Waals surface area contributed by atoms with Gasteiger partial charge in [0.15, 0.2) is 0 Å². The van der Waals surface area contributed by atoms with Gasteiger partial charge in [-0.1, -0.05) is 6.07 Å². The molecule has 0 aliphatic heterocycles. The second kappa shape index (κ2) is 5.20. The number of hydrogen-bond acceptors (Lipinski definition) is 6. The van der Waals surface area contributed by atoms with Crippen molar-refractivity contribution in [2.75, 3.05) is 13.8 Å². The molecule has 2 aromatic carbocycles. The first-order chi connectivity index (χ1) is 10.2. The second-order valence-electron chi connectivity index (χ2n) is 4.31. The third-order valence-electron chi connectivity index (χ3n) is 2.95. The van der Waals surface area contributed by atoms with Gasteiger partial charge in [-0.15, -0.1) is 0 Å². The summed E-state index contributed by atoms with van der Waals surface area (Å²) in [5.74, 6) is 1.03. The smallest absolute Gasteiger partial charge is 0.344 e. The van der Waals surface area contributed by atoms with E-state index in [1.807, 2.05) is 18.2 Å². The molecule has 0 spiro atoms. The number of nitro groups is 1. The molecule has 0 aliphatic carbocycles. The minimum atomic E-state index is -0.583. The molecule has 0 bridgehead atoms. The molecule has 3 rings (SSSR count). The molecule has 0 N–H and O–H groups in total. The average Bonchev–Trinajstić information content (AvgIpc) is 2.50. The molecule has 21 heavy (non-hydrogen) atoms. The summed E-state index contributed by atoms with van der Waals surface area (Å²) in [5, 5.41) is 10.3. The molecule has 0 saturated carbocycles. The first kappa shape index (κ1) is 13.0. The Morgan fingerprint density at radius 3 is 2.76 bits per heavy atom. The standard InChI is InChI=1S/C14H11N3O4/c1-20-13-4-2-3-11-14(13)16-10-6-5-9(7-12(10)15-11)21-8-17(18)19/h2-7H,8H2,1H3. The van der Waals surface area contributed by atoms with Crippen LogP contribution in [-0.4, -0.2) is 28.7 Å². The number of rotatable bonds is 4. The lowest BCUT2D eigenvalue weighted by atomic mass is 10.2. The lowest BCUT2D eigenvalue weighted by Gasteiger charge is -2.06. The van der Waals surface area contributed by atoms with E-state index in [-0.39, 0.29) is 0 Å². The average molecular weight is 285 g/mol. The van der Waals surface area contributed by atoms with Gasteiger partial charge in [0.05, 0.1) is 28.6 Å². The molecule has 7 nitrogen and oxygen atoms in total. The molecule has 1 heterocycles. The van der Waals surface area contributed by atoms with Crippen LogP contribution in [0.3, 0.4) is 0 Å². The van der Waals surface area contributed by atoms with Crippen molar-refractivity contribution in [3.05, 3.63) is 46.5 Å². The van der Waals surface area contributed by atoms with Crippen LogP contribution in [-0.2, 0) is 0 Å². The van der Waals surface area contributed by atoms with Gasteiger partial charge in [0.1, 0.15) is 17.0 Å². The van der Waals surface area contributed by atoms with E-state index in [1.54, 1.807) is 25.3 Å². The number of benzene rings is 2. The van der Waals surface area contributed by atoms with Crippen molar-refractivity contribution in [3.63, 3.8) is 0 Å². The van der Waals surface area contributed by atoms with Crippen molar-refractivity contribution < 1.29 is 14.4 Å². The van der Waals surface area contributed by atoms with Crippen molar-refractivity contribution in [1.82, 2.24) is 9.97 Å². The molecule has 0 saturated heterocycles. The van der Waals surface area contributed by atoms with Crippen molar-refractivity contribution in [1.29, 1.82) is 0 Å². The van der Waals surface area contributed by atoms with Gasteiger partial charge in [-0.3, -0.25) is 10.1 Å². The highest BCUT2D eigenvalue weighted by molar-refractivity contribution is 5.90. The summed E-state index contributed by atoms with van der Waals surface area (Å²) in [4.78, 5) is 18.8. The lowest BCUT2D eigenvalue weighted by molar-refractivity contribution is -0.514. The van der Waals surface area contributed by atoms with Crippen molar-refractivity contribution in [3.8, 4) is 11.5 Å². The zero-order valence-corrected chi connectivity index (χ0v) is 11.1. The van der Waals surface area contributed by atoms with Gasteiger partial charge >= 0.3 is 6.73 Å². The van der Waals surface area contributed by atoms with Gasteiger partial charge < -0.3 is 9.47 Å². The van der Waals surface area contributed by atoms with E-state index in [9.17, 15) is 10.1 Å². The van der Waals surface area contributed by atoms with Crippen LogP contribution in [0.25, 0.3) is 22.1 Å². The van der Waals surface area contributed by atoms with Crippen molar-refractivity contribution >= 4 is 22.1 Å². The molecule has 106 valence electrons. The Kier molecular flexibility index (Phi) is 3.23. The summed E-state index contributed by atoms with van der Waals surface area (Å²) in [7, 11) is 1.58. The molecule has 0 amide bonds. The highest BCUT2D eigenvalue weighted by Crippen LogP contribution is 2.26. The summed E-state index contributed by atoms with van der Waals surface area (Å²) < 4.78 is 10.3. The molecule has 7 heteroatoms. The van der Waals surface area contributed by atoms with E-state index in [0.29, 0.717) is 33.6 Å². The van der Waals surface area contributed by atoms with Gasteiger partial charge in [-0.25, -0.2) is 9.97 Å². The topological polar surface area (TPSA) is 87.4 Å². The molecule has 3 aromatic rings. The summed E-state index contributed by atoms with van der Waals surface area (Å²) in [6, 6.07) is 10.4. The fraction of sp³-hybridized carbons (Fsp3) is 0.143. The number of aromatic nitrogens is 2. The van der Waals surface area contributed by atoms with E-state index >= 15 is 0 Å². The first-order valence-electron chi connectivity index (χ1n) is 6.16. The number of ether oxygens (including phenoxy) is 2. The van der Waals surface area contributed by atoms with E-state index in [4.69, 9.17) is 9.47 Å². The molecule has 0 radical (unpaired) electrons. The van der Waals surface area contributed by atoms with E-state index < -0.39 is 11.7 Å². The Morgan fingerprint density at radius 1 is 1.14 bits per heavy atom. The summed E-state index contributed by atoms with van der Waals surface area (Å²) >= 11 is 0. The van der Waals surface area contributed by atoms with E-state index in [0.717, 1.165) is 0 Å². The number of fused-ring (bicyclic) bond motifs is 2. The largest absolute Gasteiger partial charge is 0.494 e. The third kappa shape index (κ3) is 2.53. The summed E-state index contributed by atoms with van der Waals surface area (Å²) in [5.41, 5.74) is 2.64. The van der Waals surface area contributed by atoms with E-state index in [1.165, 1.54) is 0 Å². The summed E-state index contributed by atoms with van der Waals surface area (Å²) in [6.07, 6.45) is 0. The van der Waals surface area contributed by atoms with Gasteiger partial charge in [0.2, 0.25) is 0 Å². The quantitative estimate of drug-likeness (QED) is 0.316. The van der Waals surface area contributed by atoms with Gasteiger partial charge in [-0.05, 0) is 24.3 Å². The second-order valence-corrected chi connectivity index (χ2v) is 4.31. The molecule has 0 atom stereocenters. The number of para-hydroxylation sites is 1. The third-order valence-corrected chi connectivity index (χ3v) is 2.95. The van der Waals surface area contributed by atoms with Crippen LogP contribution < -0.4 is 9.47 Å². The molecule has 1 aromatic heterocycles. The predicted octanol–water partition coefficient (Wildman–Crippen LogP) is 2.40. The Balaban J connectivity index is 2.09. The number of nitrogens with zero attached hydrogens (tertiary/aromatic N) is 3. The minimum absolute atomic E-state index is 0.385. The van der Waals surface area contributed by atoms with Crippen LogP contribution in [0.1, 0.15) is 0 Å². The summed E-state index contributed by atoms with van der Waals surface area (Å²) in [6.45, 7) is -0.583. The van der Waals surface area contributed by atoms with Crippen LogP contribution in [0, 0.1) is 10.1 Å². The number of methoxy groups -OCH3 is 1. The van der Waals surface area contributed by atoms with Crippen LogP contribution in [0.2, 0.25) is 0 Å². The molecule has 0 unspecified atom stereocenters. The Bertz CT molecular complexity index is 835. The monoisotopic (exact) mass is 285 g/mol. The Hall–Kier alpha value is -2.96. The fourth-order valence-electron chi connectivity index (χ4n) is 2.03. The molecular weight excluding hydrogens is 274 g/mol. The highest BCUT2D eigenvalue weighted by atomic mass is 16.7. The lowest BCUT2D eigenvalue weighted by Crippen LogP contribution is -2.08. The zero-order valence-electron chi connectivity index (χ0n) is 11.1. The maximum Gasteiger partial charge on any atom is 0.344 e. The van der Waals surface area contributed by atoms with Gasteiger partial charge in [-0.2, -0.15) is 0 Å². The Morgan fingerprint density at radius 2 is 2.00 bits per heavy atom. The maximum atomic E-state index is 10.3. The van der Waals surface area contributed by atoms with Gasteiger partial charge in [0, 0.05) is 6.07 Å². The van der Waals surface area contributed by atoms with Crippen LogP contribution in [0.15, 0.2) is 36.4 Å². The van der Waals surface area contributed by atoms with Crippen LogP contribution >= 0.6 is 0 Å². The minimum Gasteiger partial charge on any atom is -0.494 e. The first-order valence-corrected chi connectivity index (χ1v) is 6.16. The number of hydrogen-bond donors (Lipinski definition) is 0. The van der Waals surface area contributed by atoms with Crippen LogP contribution in [0.5, 0.6) is 11.5 Å². The van der Waals surface area contributed by atoms with E-state index in [2.05, 4.69) is 9.97 Å². The molecule has 0 aliphatic rings. The van der Waals surface area contributed by atoms with Crippen molar-refractivity contribution in [2.24, 2.45) is 0 Å². The van der Waals surface area contributed by atoms with Crippen molar-refractivity contribution in [2.45, 2.75) is 0 Å². The predicted molar refractivity (Wildman–Crippen MR) is 76.1 cm³/mol. The fourth-order valence-corrected chi connectivity index (χ4v) is 2.03. The SMILES string of the molecule is COc1cccc2nc3cc(OC[N+](=O)[O-])ccc3nc12. The highest BCUT2D eigenvalue weighted by Gasteiger charge is 2.08. The molecule has 0 fully saturated rings. The normalized spacial score (nSPS) is 10.7. The Labute approximate surface area is 119 Å². The van der Waals surface area contributed by atoms with Gasteiger partial charge in [0.25, 0.3) is 0 Å². The van der Waals surface area contributed by atoms with Crippen LogP contribution in [0.4, 0.5) is 0 Å².